The molecular formula is C39H41F2N3O2. The maximum atomic E-state index is 14.5. The number of hydrogen-bond acceptors (Lipinski definition) is 3. The van der Waals surface area contributed by atoms with Crippen molar-refractivity contribution in [2.75, 3.05) is 26.2 Å². The van der Waals surface area contributed by atoms with Gasteiger partial charge in [-0.1, -0.05) is 92.2 Å². The van der Waals surface area contributed by atoms with Crippen LogP contribution in [-0.4, -0.2) is 46.5 Å². The Morgan fingerprint density at radius 2 is 1.46 bits per heavy atom. The normalized spacial score (nSPS) is 11.3. The first kappa shape index (κ1) is 32.8. The van der Waals surface area contributed by atoms with E-state index in [2.05, 4.69) is 74.2 Å². The van der Waals surface area contributed by atoms with Crippen LogP contribution in [0.15, 0.2) is 102 Å². The fourth-order valence-corrected chi connectivity index (χ4v) is 5.88. The standard InChI is InChI=1S/C39H41F2N3O2/c1-4-42(5-2)23-24-43(26-29-15-19-31(20-16-29)30-17-13-28(3)14-18-30)38(46)27-44-33(22-21-32-9-8-11-35(40)39(32)41)25-37(45)34-10-6-7-12-36(34)44/h6-20,25H,4-5,21-24,26-27H2,1-3H3. The minimum Gasteiger partial charge on any atom is -0.336 e. The first-order chi connectivity index (χ1) is 22.3. The van der Waals surface area contributed by atoms with Gasteiger partial charge in [0, 0.05) is 36.8 Å². The van der Waals surface area contributed by atoms with Crippen LogP contribution in [0, 0.1) is 18.6 Å². The fourth-order valence-electron chi connectivity index (χ4n) is 5.88. The Hall–Kier alpha value is -4.62. The highest BCUT2D eigenvalue weighted by molar-refractivity contribution is 5.83. The van der Waals surface area contributed by atoms with Gasteiger partial charge in [0.1, 0.15) is 6.54 Å². The van der Waals surface area contributed by atoms with E-state index < -0.39 is 11.6 Å². The number of rotatable bonds is 13. The topological polar surface area (TPSA) is 45.5 Å². The highest BCUT2D eigenvalue weighted by Crippen LogP contribution is 2.22. The van der Waals surface area contributed by atoms with E-state index in [1.165, 1.54) is 17.7 Å². The number of amides is 1. The van der Waals surface area contributed by atoms with Gasteiger partial charge in [-0.15, -0.1) is 0 Å². The summed E-state index contributed by atoms with van der Waals surface area (Å²) in [5, 5.41) is 0.511. The average Bonchev–Trinajstić information content (AvgIpc) is 3.07. The lowest BCUT2D eigenvalue weighted by Crippen LogP contribution is -2.40. The molecule has 4 aromatic carbocycles. The molecule has 0 radical (unpaired) electrons. The summed E-state index contributed by atoms with van der Waals surface area (Å²) in [4.78, 5) is 31.4. The van der Waals surface area contributed by atoms with E-state index in [0.29, 0.717) is 29.7 Å². The van der Waals surface area contributed by atoms with Crippen molar-refractivity contribution < 1.29 is 13.6 Å². The van der Waals surface area contributed by atoms with Crippen molar-refractivity contribution in [3.05, 3.63) is 141 Å². The molecule has 5 rings (SSSR count). The largest absolute Gasteiger partial charge is 0.336 e. The molecule has 46 heavy (non-hydrogen) atoms. The van der Waals surface area contributed by atoms with Gasteiger partial charge in [-0.2, -0.15) is 0 Å². The quantitative estimate of drug-likeness (QED) is 0.138. The molecule has 0 aliphatic carbocycles. The molecule has 5 aromatic rings. The van der Waals surface area contributed by atoms with Gasteiger partial charge in [0.05, 0.1) is 5.52 Å². The number of carbonyl (C=O) groups excluding carboxylic acids is 1. The molecule has 1 amide bonds. The number of fused-ring (bicyclic) bond motifs is 1. The molecule has 0 unspecified atom stereocenters. The number of carbonyl (C=O) groups is 1. The molecule has 0 aliphatic rings. The van der Waals surface area contributed by atoms with Gasteiger partial charge < -0.3 is 14.4 Å². The number of likely N-dealkylation sites (N-methyl/N-ethyl adjacent to an activating group) is 1. The Morgan fingerprint density at radius 3 is 2.15 bits per heavy atom. The Kier molecular flexibility index (Phi) is 10.8. The van der Waals surface area contributed by atoms with E-state index in [1.54, 1.807) is 18.2 Å². The number of pyridine rings is 1. The lowest BCUT2D eigenvalue weighted by Gasteiger charge is -2.28. The maximum absolute atomic E-state index is 14.5. The van der Waals surface area contributed by atoms with Gasteiger partial charge in [0.25, 0.3) is 0 Å². The van der Waals surface area contributed by atoms with E-state index in [9.17, 15) is 18.4 Å². The highest BCUT2D eigenvalue weighted by Gasteiger charge is 2.19. The second-order valence-corrected chi connectivity index (χ2v) is 11.7. The number of aryl methyl sites for hydroxylation is 3. The third-order valence-corrected chi connectivity index (χ3v) is 8.73. The molecule has 0 spiro atoms. The zero-order valence-electron chi connectivity index (χ0n) is 26.8. The van der Waals surface area contributed by atoms with E-state index in [-0.39, 0.29) is 36.3 Å². The summed E-state index contributed by atoms with van der Waals surface area (Å²) in [6.45, 7) is 9.79. The Labute approximate surface area is 269 Å². The summed E-state index contributed by atoms with van der Waals surface area (Å²) in [7, 11) is 0. The van der Waals surface area contributed by atoms with Crippen LogP contribution < -0.4 is 5.43 Å². The monoisotopic (exact) mass is 621 g/mol. The molecule has 238 valence electrons. The molecular weight excluding hydrogens is 580 g/mol. The highest BCUT2D eigenvalue weighted by atomic mass is 19.2. The molecule has 1 heterocycles. The molecule has 0 atom stereocenters. The summed E-state index contributed by atoms with van der Waals surface area (Å²) < 4.78 is 30.3. The van der Waals surface area contributed by atoms with Crippen molar-refractivity contribution in [2.24, 2.45) is 0 Å². The zero-order valence-corrected chi connectivity index (χ0v) is 26.8. The fraction of sp³-hybridized carbons (Fsp3) is 0.282. The molecule has 0 bridgehead atoms. The van der Waals surface area contributed by atoms with Gasteiger partial charge in [-0.3, -0.25) is 9.59 Å². The minimum atomic E-state index is -0.903. The van der Waals surface area contributed by atoms with Gasteiger partial charge in [0.15, 0.2) is 17.1 Å². The van der Waals surface area contributed by atoms with E-state index >= 15 is 0 Å². The van der Waals surface area contributed by atoms with Gasteiger partial charge >= 0.3 is 0 Å². The summed E-state index contributed by atoms with van der Waals surface area (Å²) >= 11 is 0. The molecule has 0 N–H and O–H groups in total. The van der Waals surface area contributed by atoms with Gasteiger partial charge in [0.2, 0.25) is 5.91 Å². The molecule has 0 aliphatic heterocycles. The van der Waals surface area contributed by atoms with Crippen molar-refractivity contribution in [1.82, 2.24) is 14.4 Å². The van der Waals surface area contributed by atoms with Gasteiger partial charge in [-0.05, 0) is 73.3 Å². The van der Waals surface area contributed by atoms with Crippen LogP contribution in [0.2, 0.25) is 0 Å². The minimum absolute atomic E-state index is 0.0153. The third kappa shape index (κ3) is 7.77. The maximum Gasteiger partial charge on any atom is 0.242 e. The Morgan fingerprint density at radius 1 is 0.783 bits per heavy atom. The van der Waals surface area contributed by atoms with Crippen LogP contribution in [0.3, 0.4) is 0 Å². The number of para-hydroxylation sites is 1. The van der Waals surface area contributed by atoms with E-state index in [0.717, 1.165) is 42.4 Å². The van der Waals surface area contributed by atoms with Crippen molar-refractivity contribution in [1.29, 1.82) is 0 Å². The van der Waals surface area contributed by atoms with E-state index in [4.69, 9.17) is 0 Å². The lowest BCUT2D eigenvalue weighted by molar-refractivity contribution is -0.132. The van der Waals surface area contributed by atoms with Crippen LogP contribution in [0.25, 0.3) is 22.0 Å². The predicted molar refractivity (Wildman–Crippen MR) is 182 cm³/mol. The summed E-state index contributed by atoms with van der Waals surface area (Å²) in [6.07, 6.45) is 0.461. The molecule has 7 heteroatoms. The summed E-state index contributed by atoms with van der Waals surface area (Å²) in [5.74, 6) is -1.87. The van der Waals surface area contributed by atoms with Crippen LogP contribution in [-0.2, 0) is 30.7 Å². The SMILES string of the molecule is CCN(CC)CCN(Cc1ccc(-c2ccc(C)cc2)cc1)C(=O)Cn1c(CCc2cccc(F)c2F)cc(=O)c2ccccc21. The Balaban J connectivity index is 1.44. The summed E-state index contributed by atoms with van der Waals surface area (Å²) in [6, 6.07) is 29.6. The number of benzene rings is 4. The predicted octanol–water partition coefficient (Wildman–Crippen LogP) is 7.41. The number of aromatic nitrogens is 1. The first-order valence-corrected chi connectivity index (χ1v) is 16.0. The van der Waals surface area contributed by atoms with Crippen LogP contribution >= 0.6 is 0 Å². The van der Waals surface area contributed by atoms with Crippen molar-refractivity contribution in [2.45, 2.75) is 46.7 Å². The van der Waals surface area contributed by atoms with Crippen molar-refractivity contribution in [3.8, 4) is 11.1 Å². The molecule has 5 nitrogen and oxygen atoms in total. The van der Waals surface area contributed by atoms with Crippen molar-refractivity contribution >= 4 is 16.8 Å². The van der Waals surface area contributed by atoms with Crippen molar-refractivity contribution in [3.63, 3.8) is 0 Å². The average molecular weight is 622 g/mol. The van der Waals surface area contributed by atoms with Crippen LogP contribution in [0.4, 0.5) is 8.78 Å². The van der Waals surface area contributed by atoms with E-state index in [1.807, 2.05) is 21.6 Å². The second-order valence-electron chi connectivity index (χ2n) is 11.7. The smallest absolute Gasteiger partial charge is 0.242 e. The molecule has 1 aromatic heterocycles. The lowest BCUT2D eigenvalue weighted by atomic mass is 10.0. The number of halogens is 2. The third-order valence-electron chi connectivity index (χ3n) is 8.73. The number of hydrogen-bond donors (Lipinski definition) is 0. The molecule has 0 saturated heterocycles. The summed E-state index contributed by atoms with van der Waals surface area (Å²) in [5.41, 5.74) is 5.80. The molecule has 0 fully saturated rings. The van der Waals surface area contributed by atoms with Crippen LogP contribution in [0.1, 0.15) is 36.2 Å². The van der Waals surface area contributed by atoms with Crippen LogP contribution in [0.5, 0.6) is 0 Å². The Bertz CT molecular complexity index is 1850. The zero-order chi connectivity index (χ0) is 32.6. The molecule has 0 saturated carbocycles. The second kappa shape index (κ2) is 15.1. The van der Waals surface area contributed by atoms with Gasteiger partial charge in [-0.25, -0.2) is 8.78 Å². The first-order valence-electron chi connectivity index (χ1n) is 16.0. The number of nitrogens with zero attached hydrogens (tertiary/aromatic N) is 3.